The molecule has 2 rings (SSSR count). The van der Waals surface area contributed by atoms with Crippen LogP contribution in [0, 0.1) is 5.92 Å². The van der Waals surface area contributed by atoms with Crippen molar-refractivity contribution in [3.8, 4) is 0 Å². The van der Waals surface area contributed by atoms with Crippen molar-refractivity contribution >= 4 is 16.0 Å². The number of hydrogen-bond donors (Lipinski definition) is 1. The largest absolute Gasteiger partial charge is 0.550 e. The van der Waals surface area contributed by atoms with E-state index in [9.17, 15) is 18.3 Å². The number of carbonyl (C=O) groups is 1. The average molecular weight is 254 g/mol. The molecule has 0 amide bonds. The number of benzene rings is 1. The topological polar surface area (TPSA) is 86.3 Å². The number of hydrogen-bond acceptors (Lipinski definition) is 4. The standard InChI is InChI=1S/C11H13NO4S/c1-2-7(11(13)14)10-8-5-3-4-6-9(8)17(15,16)12-10/h3-7,10,12H,2H2,1H3,(H,13,14)/p-1. The van der Waals surface area contributed by atoms with Crippen molar-refractivity contribution < 1.29 is 18.3 Å². The molecule has 1 N–H and O–H groups in total. The molecule has 1 aromatic rings. The Morgan fingerprint density at radius 1 is 1.47 bits per heavy atom. The van der Waals surface area contributed by atoms with Crippen LogP contribution >= 0.6 is 0 Å². The highest BCUT2D eigenvalue weighted by atomic mass is 32.2. The summed E-state index contributed by atoms with van der Waals surface area (Å²) >= 11 is 0. The van der Waals surface area contributed by atoms with E-state index >= 15 is 0 Å². The van der Waals surface area contributed by atoms with Crippen LogP contribution in [-0.4, -0.2) is 14.4 Å². The van der Waals surface area contributed by atoms with Crippen LogP contribution in [0.4, 0.5) is 0 Å². The van der Waals surface area contributed by atoms with Gasteiger partial charge in [0.05, 0.1) is 10.9 Å². The molecule has 0 saturated carbocycles. The molecule has 0 radical (unpaired) electrons. The summed E-state index contributed by atoms with van der Waals surface area (Å²) in [6, 6.07) is 5.67. The van der Waals surface area contributed by atoms with Crippen molar-refractivity contribution in [2.45, 2.75) is 24.3 Å². The Morgan fingerprint density at radius 2 is 2.12 bits per heavy atom. The summed E-state index contributed by atoms with van der Waals surface area (Å²) in [4.78, 5) is 11.1. The minimum Gasteiger partial charge on any atom is -0.550 e. The molecule has 2 atom stereocenters. The average Bonchev–Trinajstić information content (AvgIpc) is 2.53. The second kappa shape index (κ2) is 4.12. The van der Waals surface area contributed by atoms with Gasteiger partial charge in [-0.2, -0.15) is 0 Å². The maximum absolute atomic E-state index is 11.8. The number of carboxylic acids is 1. The highest BCUT2D eigenvalue weighted by molar-refractivity contribution is 7.89. The Balaban J connectivity index is 2.51. The van der Waals surface area contributed by atoms with Gasteiger partial charge in [0, 0.05) is 11.9 Å². The molecule has 0 bridgehead atoms. The number of carbonyl (C=O) groups excluding carboxylic acids is 1. The van der Waals surface area contributed by atoms with Crippen LogP contribution in [0.5, 0.6) is 0 Å². The van der Waals surface area contributed by atoms with Crippen molar-refractivity contribution in [1.82, 2.24) is 4.72 Å². The molecule has 2 unspecified atom stereocenters. The van der Waals surface area contributed by atoms with E-state index in [-0.39, 0.29) is 4.90 Å². The quantitative estimate of drug-likeness (QED) is 0.809. The molecule has 0 fully saturated rings. The Kier molecular flexibility index (Phi) is 2.92. The predicted octanol–water partition coefficient (Wildman–Crippen LogP) is -0.204. The number of nitrogens with one attached hydrogen (secondary N) is 1. The lowest BCUT2D eigenvalue weighted by Gasteiger charge is -2.23. The van der Waals surface area contributed by atoms with Gasteiger partial charge in [-0.3, -0.25) is 0 Å². The zero-order valence-electron chi connectivity index (χ0n) is 9.21. The minimum atomic E-state index is -3.58. The summed E-state index contributed by atoms with van der Waals surface area (Å²) in [6.45, 7) is 1.69. The van der Waals surface area contributed by atoms with Gasteiger partial charge in [0.25, 0.3) is 0 Å². The summed E-state index contributed by atoms with van der Waals surface area (Å²) in [5.74, 6) is -2.09. The molecule has 1 aromatic carbocycles. The third-order valence-electron chi connectivity index (χ3n) is 2.97. The maximum atomic E-state index is 11.8. The molecule has 1 heterocycles. The molecule has 5 nitrogen and oxygen atoms in total. The lowest BCUT2D eigenvalue weighted by molar-refractivity contribution is -0.312. The van der Waals surface area contributed by atoms with Crippen molar-refractivity contribution in [1.29, 1.82) is 0 Å². The van der Waals surface area contributed by atoms with Crippen LogP contribution < -0.4 is 9.83 Å². The molecule has 0 aromatic heterocycles. The minimum absolute atomic E-state index is 0.157. The fourth-order valence-electron chi connectivity index (χ4n) is 2.11. The van der Waals surface area contributed by atoms with Gasteiger partial charge in [0.1, 0.15) is 0 Å². The van der Waals surface area contributed by atoms with Gasteiger partial charge in [-0.1, -0.05) is 25.1 Å². The normalized spacial score (nSPS) is 23.0. The Bertz CT molecular complexity index is 552. The SMILES string of the molecule is CCC(C(=O)[O-])C1NS(=O)(=O)c2ccccc21. The number of sulfonamides is 1. The lowest BCUT2D eigenvalue weighted by atomic mass is 9.92. The molecule has 0 aliphatic carbocycles. The molecule has 1 aliphatic rings. The fraction of sp³-hybridized carbons (Fsp3) is 0.364. The highest BCUT2D eigenvalue weighted by Crippen LogP contribution is 2.36. The van der Waals surface area contributed by atoms with E-state index < -0.39 is 28.0 Å². The zero-order valence-corrected chi connectivity index (χ0v) is 10.0. The molecule has 1 aliphatic heterocycles. The Labute approximate surface area is 99.5 Å². The first-order valence-electron chi connectivity index (χ1n) is 5.29. The molecule has 6 heteroatoms. The van der Waals surface area contributed by atoms with E-state index in [4.69, 9.17) is 0 Å². The monoisotopic (exact) mass is 254 g/mol. The van der Waals surface area contributed by atoms with Crippen LogP contribution in [0.25, 0.3) is 0 Å². The molecule has 17 heavy (non-hydrogen) atoms. The van der Waals surface area contributed by atoms with Crippen molar-refractivity contribution in [2.75, 3.05) is 0 Å². The Hall–Kier alpha value is -1.40. The van der Waals surface area contributed by atoms with Crippen LogP contribution in [0.1, 0.15) is 24.9 Å². The first-order chi connectivity index (χ1) is 7.97. The maximum Gasteiger partial charge on any atom is 0.241 e. The van der Waals surface area contributed by atoms with Gasteiger partial charge >= 0.3 is 0 Å². The smallest absolute Gasteiger partial charge is 0.241 e. The van der Waals surface area contributed by atoms with Crippen LogP contribution in [-0.2, 0) is 14.8 Å². The molecular formula is C11H12NO4S-. The second-order valence-corrected chi connectivity index (χ2v) is 5.65. The van der Waals surface area contributed by atoms with Gasteiger partial charge in [-0.05, 0) is 18.1 Å². The summed E-state index contributed by atoms with van der Waals surface area (Å²) in [6.07, 6.45) is 0.309. The van der Waals surface area contributed by atoms with E-state index in [0.717, 1.165) is 0 Å². The van der Waals surface area contributed by atoms with E-state index in [1.54, 1.807) is 25.1 Å². The van der Waals surface area contributed by atoms with Gasteiger partial charge in [-0.15, -0.1) is 0 Å². The summed E-state index contributed by atoms with van der Waals surface area (Å²) in [7, 11) is -3.58. The van der Waals surface area contributed by atoms with E-state index in [1.165, 1.54) is 6.07 Å². The van der Waals surface area contributed by atoms with Crippen molar-refractivity contribution in [2.24, 2.45) is 5.92 Å². The first kappa shape index (κ1) is 12.1. The van der Waals surface area contributed by atoms with Crippen LogP contribution in [0.2, 0.25) is 0 Å². The molecule has 0 spiro atoms. The first-order valence-corrected chi connectivity index (χ1v) is 6.78. The number of fused-ring (bicyclic) bond motifs is 1. The molecular weight excluding hydrogens is 242 g/mol. The van der Waals surface area contributed by atoms with Crippen LogP contribution in [0.3, 0.4) is 0 Å². The van der Waals surface area contributed by atoms with Gasteiger partial charge in [0.2, 0.25) is 10.0 Å². The zero-order chi connectivity index (χ0) is 12.6. The predicted molar refractivity (Wildman–Crippen MR) is 58.3 cm³/mol. The Morgan fingerprint density at radius 3 is 2.71 bits per heavy atom. The summed E-state index contributed by atoms with van der Waals surface area (Å²) in [5.41, 5.74) is 0.503. The van der Waals surface area contributed by atoms with Gasteiger partial charge in [-0.25, -0.2) is 13.1 Å². The van der Waals surface area contributed by atoms with E-state index in [1.807, 2.05) is 0 Å². The van der Waals surface area contributed by atoms with Gasteiger partial charge in [0.15, 0.2) is 0 Å². The molecule has 92 valence electrons. The van der Waals surface area contributed by atoms with E-state index in [0.29, 0.717) is 12.0 Å². The highest BCUT2D eigenvalue weighted by Gasteiger charge is 2.37. The second-order valence-electron chi connectivity index (χ2n) is 3.97. The lowest BCUT2D eigenvalue weighted by Crippen LogP contribution is -2.38. The fourth-order valence-corrected chi connectivity index (χ4v) is 3.63. The van der Waals surface area contributed by atoms with Gasteiger partial charge < -0.3 is 9.90 Å². The number of carboxylic acid groups (broad SMARTS) is 1. The number of aliphatic carboxylic acids is 1. The summed E-state index contributed by atoms with van der Waals surface area (Å²) in [5, 5.41) is 11.0. The number of rotatable bonds is 3. The third kappa shape index (κ3) is 1.94. The molecule has 0 saturated heterocycles. The van der Waals surface area contributed by atoms with Crippen molar-refractivity contribution in [3.05, 3.63) is 29.8 Å². The van der Waals surface area contributed by atoms with Crippen molar-refractivity contribution in [3.63, 3.8) is 0 Å². The summed E-state index contributed by atoms with van der Waals surface area (Å²) < 4.78 is 25.9. The van der Waals surface area contributed by atoms with Crippen LogP contribution in [0.15, 0.2) is 29.2 Å². The van der Waals surface area contributed by atoms with E-state index in [2.05, 4.69) is 4.72 Å². The third-order valence-corrected chi connectivity index (χ3v) is 4.49.